The molecule has 0 unspecified atom stereocenters. The summed E-state index contributed by atoms with van der Waals surface area (Å²) in [6.07, 6.45) is 7.58. The summed E-state index contributed by atoms with van der Waals surface area (Å²) in [5.74, 6) is 0.100. The van der Waals surface area contributed by atoms with Crippen LogP contribution in [-0.4, -0.2) is 31.6 Å². The van der Waals surface area contributed by atoms with Gasteiger partial charge >= 0.3 is 0 Å². The van der Waals surface area contributed by atoms with Crippen LogP contribution in [0.15, 0.2) is 0 Å². The molecule has 0 aromatic rings. The number of hydrogen-bond acceptors (Lipinski definition) is 3. The molecule has 0 bridgehead atoms. The molecule has 1 rings (SSSR count). The van der Waals surface area contributed by atoms with E-state index in [-0.39, 0.29) is 11.4 Å². The van der Waals surface area contributed by atoms with Crippen molar-refractivity contribution in [1.29, 1.82) is 0 Å². The first-order valence-electron chi connectivity index (χ1n) is 6.36. The minimum Gasteiger partial charge on any atom is -0.354 e. The fraction of sp³-hybridized carbons (Fsp3) is 0.917. The maximum Gasteiger partial charge on any atom is 0.221 e. The fourth-order valence-electron chi connectivity index (χ4n) is 2.21. The number of nitrogens with one attached hydrogen (secondary N) is 2. The van der Waals surface area contributed by atoms with E-state index in [4.69, 9.17) is 5.73 Å². The first kappa shape index (κ1) is 13.5. The molecular weight excluding hydrogens is 202 g/mol. The van der Waals surface area contributed by atoms with Crippen molar-refractivity contribution in [2.24, 2.45) is 5.73 Å². The summed E-state index contributed by atoms with van der Waals surface area (Å²) >= 11 is 0. The van der Waals surface area contributed by atoms with Crippen LogP contribution in [0.1, 0.15) is 44.9 Å². The molecule has 4 N–H and O–H groups in total. The van der Waals surface area contributed by atoms with Crippen LogP contribution in [0.25, 0.3) is 0 Å². The van der Waals surface area contributed by atoms with Crippen LogP contribution in [0.4, 0.5) is 0 Å². The van der Waals surface area contributed by atoms with Gasteiger partial charge in [-0.2, -0.15) is 0 Å². The van der Waals surface area contributed by atoms with E-state index in [1.54, 1.807) is 0 Å². The average molecular weight is 227 g/mol. The molecule has 1 saturated carbocycles. The lowest BCUT2D eigenvalue weighted by atomic mass is 9.91. The summed E-state index contributed by atoms with van der Waals surface area (Å²) in [4.78, 5) is 11.5. The van der Waals surface area contributed by atoms with E-state index >= 15 is 0 Å². The Morgan fingerprint density at radius 2 is 1.88 bits per heavy atom. The summed E-state index contributed by atoms with van der Waals surface area (Å²) in [5.41, 5.74) is 6.14. The van der Waals surface area contributed by atoms with E-state index in [1.165, 1.54) is 25.7 Å². The molecule has 1 aliphatic rings. The van der Waals surface area contributed by atoms with Gasteiger partial charge in [-0.15, -0.1) is 0 Å². The highest BCUT2D eigenvalue weighted by Crippen LogP contribution is 2.24. The molecule has 0 aromatic carbocycles. The Balaban J connectivity index is 2.25. The van der Waals surface area contributed by atoms with Crippen LogP contribution < -0.4 is 16.4 Å². The number of carbonyl (C=O) groups is 1. The second kappa shape index (κ2) is 6.86. The molecule has 0 aliphatic heterocycles. The molecule has 16 heavy (non-hydrogen) atoms. The van der Waals surface area contributed by atoms with Crippen LogP contribution >= 0.6 is 0 Å². The second-order valence-corrected chi connectivity index (χ2v) is 4.91. The molecule has 0 aromatic heterocycles. The molecule has 0 radical (unpaired) electrons. The number of carbonyl (C=O) groups excluding carboxylic acids is 1. The van der Waals surface area contributed by atoms with Gasteiger partial charge < -0.3 is 16.4 Å². The number of rotatable bonds is 5. The predicted molar refractivity (Wildman–Crippen MR) is 66.2 cm³/mol. The van der Waals surface area contributed by atoms with Crippen LogP contribution in [0.5, 0.6) is 0 Å². The molecule has 4 heteroatoms. The fourth-order valence-corrected chi connectivity index (χ4v) is 2.21. The van der Waals surface area contributed by atoms with Gasteiger partial charge in [-0.1, -0.05) is 25.7 Å². The standard InChI is InChI=1S/C12H25N3O/c1-14-9-6-11(16)15-10-12(13)7-4-2-3-5-8-12/h14H,2-10,13H2,1H3,(H,15,16). The van der Waals surface area contributed by atoms with Gasteiger partial charge in [0.25, 0.3) is 0 Å². The number of hydrogen-bond donors (Lipinski definition) is 3. The van der Waals surface area contributed by atoms with Crippen LogP contribution in [0.3, 0.4) is 0 Å². The van der Waals surface area contributed by atoms with Gasteiger partial charge in [0.1, 0.15) is 0 Å². The monoisotopic (exact) mass is 227 g/mol. The molecule has 1 amide bonds. The van der Waals surface area contributed by atoms with E-state index < -0.39 is 0 Å². The largest absolute Gasteiger partial charge is 0.354 e. The first-order chi connectivity index (χ1) is 7.66. The zero-order valence-corrected chi connectivity index (χ0v) is 10.3. The van der Waals surface area contributed by atoms with E-state index in [0.29, 0.717) is 13.0 Å². The summed E-state index contributed by atoms with van der Waals surface area (Å²) in [5, 5.41) is 5.92. The highest BCUT2D eigenvalue weighted by atomic mass is 16.1. The molecule has 0 atom stereocenters. The third kappa shape index (κ3) is 4.94. The molecule has 0 saturated heterocycles. The van der Waals surface area contributed by atoms with Crippen molar-refractivity contribution in [2.45, 2.75) is 50.5 Å². The van der Waals surface area contributed by atoms with Crippen molar-refractivity contribution in [1.82, 2.24) is 10.6 Å². The van der Waals surface area contributed by atoms with Gasteiger partial charge in [0, 0.05) is 25.0 Å². The average Bonchev–Trinajstić information content (AvgIpc) is 2.49. The minimum absolute atomic E-state index is 0.100. The van der Waals surface area contributed by atoms with Crippen molar-refractivity contribution >= 4 is 5.91 Å². The van der Waals surface area contributed by atoms with Gasteiger partial charge in [-0.25, -0.2) is 0 Å². The maximum absolute atomic E-state index is 11.5. The van der Waals surface area contributed by atoms with Gasteiger partial charge in [-0.3, -0.25) is 4.79 Å². The van der Waals surface area contributed by atoms with Gasteiger partial charge in [0.15, 0.2) is 0 Å². The third-order valence-electron chi connectivity index (χ3n) is 3.34. The summed E-state index contributed by atoms with van der Waals surface area (Å²) in [7, 11) is 1.85. The molecule has 1 fully saturated rings. The van der Waals surface area contributed by atoms with Crippen LogP contribution in [0, 0.1) is 0 Å². The van der Waals surface area contributed by atoms with Crippen LogP contribution in [-0.2, 0) is 4.79 Å². The van der Waals surface area contributed by atoms with Crippen molar-refractivity contribution in [3.8, 4) is 0 Å². The van der Waals surface area contributed by atoms with Gasteiger partial charge in [0.2, 0.25) is 5.91 Å². The molecule has 0 spiro atoms. The third-order valence-corrected chi connectivity index (χ3v) is 3.34. The lowest BCUT2D eigenvalue weighted by Gasteiger charge is -2.28. The smallest absolute Gasteiger partial charge is 0.221 e. The Hall–Kier alpha value is -0.610. The van der Waals surface area contributed by atoms with E-state index in [9.17, 15) is 4.79 Å². The highest BCUT2D eigenvalue weighted by Gasteiger charge is 2.26. The Morgan fingerprint density at radius 3 is 2.44 bits per heavy atom. The van der Waals surface area contributed by atoms with E-state index in [0.717, 1.165) is 19.4 Å². The number of nitrogens with two attached hydrogens (primary N) is 1. The molecule has 1 aliphatic carbocycles. The lowest BCUT2D eigenvalue weighted by molar-refractivity contribution is -0.121. The summed E-state index contributed by atoms with van der Waals surface area (Å²) in [6.45, 7) is 1.36. The maximum atomic E-state index is 11.5. The Morgan fingerprint density at radius 1 is 1.25 bits per heavy atom. The lowest BCUT2D eigenvalue weighted by Crippen LogP contribution is -2.50. The number of amides is 1. The second-order valence-electron chi connectivity index (χ2n) is 4.91. The molecular formula is C12H25N3O. The Kier molecular flexibility index (Phi) is 5.77. The molecule has 4 nitrogen and oxygen atoms in total. The summed E-state index contributed by atoms with van der Waals surface area (Å²) in [6, 6.07) is 0. The van der Waals surface area contributed by atoms with Gasteiger partial charge in [-0.05, 0) is 19.9 Å². The Bertz CT molecular complexity index is 210. The van der Waals surface area contributed by atoms with E-state index in [1.807, 2.05) is 7.05 Å². The SMILES string of the molecule is CNCCC(=O)NCC1(N)CCCCCC1. The van der Waals surface area contributed by atoms with Crippen molar-refractivity contribution < 1.29 is 4.79 Å². The topological polar surface area (TPSA) is 67.2 Å². The van der Waals surface area contributed by atoms with Crippen LogP contribution in [0.2, 0.25) is 0 Å². The Labute approximate surface area is 98.3 Å². The zero-order valence-electron chi connectivity index (χ0n) is 10.3. The van der Waals surface area contributed by atoms with Crippen molar-refractivity contribution in [3.05, 3.63) is 0 Å². The predicted octanol–water partition coefficient (Wildman–Crippen LogP) is 0.764. The molecule has 0 heterocycles. The van der Waals surface area contributed by atoms with Crippen molar-refractivity contribution in [3.63, 3.8) is 0 Å². The normalized spacial score (nSPS) is 20.1. The summed E-state index contributed by atoms with van der Waals surface area (Å²) < 4.78 is 0. The highest BCUT2D eigenvalue weighted by molar-refractivity contribution is 5.76. The quantitative estimate of drug-likeness (QED) is 0.608. The van der Waals surface area contributed by atoms with E-state index in [2.05, 4.69) is 10.6 Å². The minimum atomic E-state index is -0.161. The van der Waals surface area contributed by atoms with Gasteiger partial charge in [0.05, 0.1) is 0 Å². The first-order valence-corrected chi connectivity index (χ1v) is 6.36. The zero-order chi connectivity index (χ0) is 11.9. The molecule has 94 valence electrons. The van der Waals surface area contributed by atoms with Crippen molar-refractivity contribution in [2.75, 3.05) is 20.1 Å².